The zero-order valence-electron chi connectivity index (χ0n) is 9.24. The van der Waals surface area contributed by atoms with Crippen molar-refractivity contribution in [2.45, 2.75) is 13.5 Å². The highest BCUT2D eigenvalue weighted by molar-refractivity contribution is 6.30. The topological polar surface area (TPSA) is 68.6 Å². The van der Waals surface area contributed by atoms with Crippen molar-refractivity contribution in [3.63, 3.8) is 0 Å². The van der Waals surface area contributed by atoms with Crippen molar-refractivity contribution in [1.82, 2.24) is 14.7 Å². The van der Waals surface area contributed by atoms with Gasteiger partial charge in [0.1, 0.15) is 5.15 Å². The molecule has 0 saturated heterocycles. The van der Waals surface area contributed by atoms with E-state index in [1.807, 2.05) is 19.1 Å². The van der Waals surface area contributed by atoms with Crippen LogP contribution in [0.4, 0.5) is 0 Å². The Labute approximate surface area is 99.4 Å². The monoisotopic (exact) mass is 237 g/mol. The molecular weight excluding hydrogens is 226 g/mol. The average molecular weight is 238 g/mol. The van der Waals surface area contributed by atoms with Crippen molar-refractivity contribution in [1.29, 1.82) is 10.5 Å². The Bertz CT molecular complexity index is 435. The zero-order chi connectivity index (χ0) is 12.1. The van der Waals surface area contributed by atoms with E-state index in [1.54, 1.807) is 16.6 Å². The van der Waals surface area contributed by atoms with Crippen LogP contribution in [0.1, 0.15) is 11.3 Å². The Morgan fingerprint density at radius 1 is 1.38 bits per heavy atom. The quantitative estimate of drug-likeness (QED) is 0.739. The van der Waals surface area contributed by atoms with Gasteiger partial charge in [0, 0.05) is 19.2 Å². The van der Waals surface area contributed by atoms with Gasteiger partial charge >= 0.3 is 0 Å². The molecule has 0 amide bonds. The van der Waals surface area contributed by atoms with Gasteiger partial charge in [-0.15, -0.1) is 0 Å². The van der Waals surface area contributed by atoms with Crippen LogP contribution in [0.15, 0.2) is 0 Å². The molecule has 0 saturated carbocycles. The van der Waals surface area contributed by atoms with Crippen LogP contribution in [0, 0.1) is 29.6 Å². The van der Waals surface area contributed by atoms with E-state index in [1.165, 1.54) is 0 Å². The molecule has 0 aliphatic heterocycles. The fraction of sp³-hybridized carbons (Fsp3) is 0.500. The van der Waals surface area contributed by atoms with Gasteiger partial charge in [-0.3, -0.25) is 9.58 Å². The molecule has 0 N–H and O–H groups in total. The van der Waals surface area contributed by atoms with Crippen LogP contribution in [0.3, 0.4) is 0 Å². The molecule has 6 heteroatoms. The van der Waals surface area contributed by atoms with E-state index in [2.05, 4.69) is 5.10 Å². The van der Waals surface area contributed by atoms with Gasteiger partial charge in [0.05, 0.1) is 30.9 Å². The Morgan fingerprint density at radius 3 is 2.31 bits per heavy atom. The van der Waals surface area contributed by atoms with Gasteiger partial charge in [-0.2, -0.15) is 15.6 Å². The number of hydrogen-bond acceptors (Lipinski definition) is 4. The first-order valence-corrected chi connectivity index (χ1v) is 5.12. The smallest absolute Gasteiger partial charge is 0.131 e. The van der Waals surface area contributed by atoms with E-state index in [9.17, 15) is 0 Å². The molecule has 0 aliphatic rings. The molecule has 0 aliphatic carbocycles. The summed E-state index contributed by atoms with van der Waals surface area (Å²) in [6.45, 7) is 2.74. The lowest BCUT2D eigenvalue weighted by atomic mass is 10.2. The maximum atomic E-state index is 8.63. The molecule has 0 fully saturated rings. The van der Waals surface area contributed by atoms with E-state index in [0.717, 1.165) is 11.3 Å². The molecule has 0 spiro atoms. The fourth-order valence-electron chi connectivity index (χ4n) is 1.44. The summed E-state index contributed by atoms with van der Waals surface area (Å²) in [4.78, 5) is 1.72. The van der Waals surface area contributed by atoms with Crippen molar-refractivity contribution in [2.75, 3.05) is 13.1 Å². The SMILES string of the molecule is Cc1nn(C)c(Cl)c1CN(CC#N)CC#N. The van der Waals surface area contributed by atoms with Crippen LogP contribution in [0.25, 0.3) is 0 Å². The largest absolute Gasteiger partial charge is 0.273 e. The van der Waals surface area contributed by atoms with Gasteiger partial charge in [-0.05, 0) is 6.92 Å². The first-order chi connectivity index (χ1) is 7.60. The first-order valence-electron chi connectivity index (χ1n) is 4.74. The third-order valence-corrected chi connectivity index (χ3v) is 2.71. The number of aromatic nitrogens is 2. The van der Waals surface area contributed by atoms with E-state index >= 15 is 0 Å². The highest BCUT2D eigenvalue weighted by atomic mass is 35.5. The number of hydrogen-bond donors (Lipinski definition) is 0. The number of aryl methyl sites for hydroxylation is 2. The lowest BCUT2D eigenvalue weighted by Crippen LogP contribution is -2.24. The minimum absolute atomic E-state index is 0.207. The van der Waals surface area contributed by atoms with Crippen LogP contribution in [0.2, 0.25) is 5.15 Å². The number of nitriles is 2. The molecule has 0 aromatic carbocycles. The maximum Gasteiger partial charge on any atom is 0.131 e. The van der Waals surface area contributed by atoms with E-state index < -0.39 is 0 Å². The zero-order valence-corrected chi connectivity index (χ0v) is 9.99. The van der Waals surface area contributed by atoms with E-state index in [0.29, 0.717) is 11.7 Å². The van der Waals surface area contributed by atoms with Crippen LogP contribution in [-0.2, 0) is 13.6 Å². The third kappa shape index (κ3) is 2.73. The summed E-state index contributed by atoms with van der Waals surface area (Å²) in [6, 6.07) is 4.05. The van der Waals surface area contributed by atoms with E-state index in [-0.39, 0.29) is 13.1 Å². The second-order valence-electron chi connectivity index (χ2n) is 3.44. The lowest BCUT2D eigenvalue weighted by Gasteiger charge is -2.14. The molecule has 1 aromatic rings. The van der Waals surface area contributed by atoms with Crippen LogP contribution in [0.5, 0.6) is 0 Å². The fourth-order valence-corrected chi connectivity index (χ4v) is 1.68. The Hall–Kier alpha value is -1.56. The predicted octanol–water partition coefficient (Wildman–Crippen LogP) is 1.23. The molecule has 84 valence electrons. The summed E-state index contributed by atoms with van der Waals surface area (Å²) in [6.07, 6.45) is 0. The number of halogens is 1. The number of rotatable bonds is 4. The Kier molecular flexibility index (Phi) is 4.30. The first kappa shape index (κ1) is 12.5. The Morgan fingerprint density at radius 2 is 1.94 bits per heavy atom. The summed E-state index contributed by atoms with van der Waals surface area (Å²) >= 11 is 6.07. The maximum absolute atomic E-state index is 8.63. The highest BCUT2D eigenvalue weighted by Crippen LogP contribution is 2.20. The third-order valence-electron chi connectivity index (χ3n) is 2.24. The second kappa shape index (κ2) is 5.50. The van der Waals surface area contributed by atoms with Crippen molar-refractivity contribution in [3.05, 3.63) is 16.4 Å². The predicted molar refractivity (Wildman–Crippen MR) is 59.5 cm³/mol. The van der Waals surface area contributed by atoms with Gasteiger partial charge < -0.3 is 0 Å². The minimum Gasteiger partial charge on any atom is -0.273 e. The van der Waals surface area contributed by atoms with Gasteiger partial charge in [-0.1, -0.05) is 11.6 Å². The average Bonchev–Trinajstić information content (AvgIpc) is 2.46. The van der Waals surface area contributed by atoms with Gasteiger partial charge in [0.2, 0.25) is 0 Å². The molecule has 16 heavy (non-hydrogen) atoms. The van der Waals surface area contributed by atoms with Crippen molar-refractivity contribution >= 4 is 11.6 Å². The van der Waals surface area contributed by atoms with Gasteiger partial charge in [0.15, 0.2) is 0 Å². The normalized spacial score (nSPS) is 10.1. The summed E-state index contributed by atoms with van der Waals surface area (Å²) in [5.74, 6) is 0. The number of nitrogens with zero attached hydrogens (tertiary/aromatic N) is 5. The van der Waals surface area contributed by atoms with Crippen LogP contribution in [-0.4, -0.2) is 27.8 Å². The Balaban J connectivity index is 2.86. The minimum atomic E-state index is 0.207. The van der Waals surface area contributed by atoms with Crippen LogP contribution >= 0.6 is 11.6 Å². The standard InChI is InChI=1S/C10H12ClN5/c1-8-9(10(11)15(2)14-8)7-16(5-3-12)6-4-13/h5-7H2,1-2H3. The van der Waals surface area contributed by atoms with Crippen molar-refractivity contribution in [3.8, 4) is 12.1 Å². The molecule has 5 nitrogen and oxygen atoms in total. The van der Waals surface area contributed by atoms with Gasteiger partial charge in [-0.25, -0.2) is 0 Å². The summed E-state index contributed by atoms with van der Waals surface area (Å²) in [5, 5.41) is 22.0. The summed E-state index contributed by atoms with van der Waals surface area (Å²) in [5.41, 5.74) is 1.70. The molecule has 0 atom stereocenters. The lowest BCUT2D eigenvalue weighted by molar-refractivity contribution is 0.334. The molecular formula is C10H12ClN5. The van der Waals surface area contributed by atoms with Crippen molar-refractivity contribution in [2.24, 2.45) is 7.05 Å². The van der Waals surface area contributed by atoms with Crippen LogP contribution < -0.4 is 0 Å². The van der Waals surface area contributed by atoms with Crippen molar-refractivity contribution < 1.29 is 0 Å². The summed E-state index contributed by atoms with van der Waals surface area (Å²) < 4.78 is 1.59. The molecule has 0 bridgehead atoms. The second-order valence-corrected chi connectivity index (χ2v) is 3.80. The molecule has 1 heterocycles. The highest BCUT2D eigenvalue weighted by Gasteiger charge is 2.14. The molecule has 0 radical (unpaired) electrons. The molecule has 0 unspecified atom stereocenters. The molecule has 1 aromatic heterocycles. The van der Waals surface area contributed by atoms with Gasteiger partial charge in [0.25, 0.3) is 0 Å². The molecule has 1 rings (SSSR count). The van der Waals surface area contributed by atoms with E-state index in [4.69, 9.17) is 22.1 Å². The summed E-state index contributed by atoms with van der Waals surface area (Å²) in [7, 11) is 1.76.